The van der Waals surface area contributed by atoms with E-state index < -0.39 is 0 Å². The average molecular weight is 379 g/mol. The fraction of sp³-hybridized carbons (Fsp3) is 0.200. The van der Waals surface area contributed by atoms with E-state index in [1.54, 1.807) is 29.2 Å². The molecule has 0 aliphatic carbocycles. The molecule has 0 N–H and O–H groups in total. The predicted molar refractivity (Wildman–Crippen MR) is 100 cm³/mol. The normalized spacial score (nSPS) is 16.6. The lowest BCUT2D eigenvalue weighted by Gasteiger charge is -2.18. The maximum Gasteiger partial charge on any atom is 0.257 e. The quantitative estimate of drug-likeness (QED) is 0.685. The smallest absolute Gasteiger partial charge is 0.257 e. The van der Waals surface area contributed by atoms with Crippen molar-refractivity contribution >= 4 is 23.2 Å². The molecule has 4 rings (SSSR count). The highest BCUT2D eigenvalue weighted by atomic mass is 35.5. The van der Waals surface area contributed by atoms with E-state index in [2.05, 4.69) is 16.2 Å². The zero-order valence-corrected chi connectivity index (χ0v) is 15.3. The Morgan fingerprint density at radius 2 is 2.15 bits per heavy atom. The van der Waals surface area contributed by atoms with Crippen molar-refractivity contribution in [3.63, 3.8) is 0 Å². The topological polar surface area (TPSA) is 83.0 Å². The van der Waals surface area contributed by atoms with Gasteiger partial charge >= 0.3 is 0 Å². The molecule has 0 spiro atoms. The summed E-state index contributed by atoms with van der Waals surface area (Å²) < 4.78 is 5.35. The fourth-order valence-electron chi connectivity index (χ4n) is 3.18. The second-order valence-electron chi connectivity index (χ2n) is 6.51. The predicted octanol–water partition coefficient (Wildman–Crippen LogP) is 4.09. The largest absolute Gasteiger partial charge is 0.334 e. The van der Waals surface area contributed by atoms with Crippen LogP contribution in [0.1, 0.15) is 29.3 Å². The van der Waals surface area contributed by atoms with Gasteiger partial charge < -0.3 is 9.42 Å². The van der Waals surface area contributed by atoms with Gasteiger partial charge in [0.15, 0.2) is 5.82 Å². The van der Waals surface area contributed by atoms with Crippen LogP contribution in [0.5, 0.6) is 0 Å². The number of amides is 1. The third-order valence-electron chi connectivity index (χ3n) is 4.56. The molecular weight excluding hydrogens is 364 g/mol. The maximum atomic E-state index is 12.5. The van der Waals surface area contributed by atoms with Gasteiger partial charge in [0, 0.05) is 24.4 Å². The van der Waals surface area contributed by atoms with E-state index in [9.17, 15) is 4.79 Å². The molecule has 6 nitrogen and oxygen atoms in total. The number of hydrogen-bond acceptors (Lipinski definition) is 5. The number of carbonyl (C=O) groups excluding carboxylic acids is 1. The third-order valence-corrected chi connectivity index (χ3v) is 4.87. The van der Waals surface area contributed by atoms with Gasteiger partial charge in [0.2, 0.25) is 5.91 Å². The molecule has 2 aromatic carbocycles. The molecule has 1 aromatic heterocycles. The zero-order chi connectivity index (χ0) is 19.0. The van der Waals surface area contributed by atoms with Crippen LogP contribution in [0.2, 0.25) is 5.02 Å². The minimum absolute atomic E-state index is 0.0245. The van der Waals surface area contributed by atoms with Crippen molar-refractivity contribution in [3.8, 4) is 17.5 Å². The van der Waals surface area contributed by atoms with Crippen molar-refractivity contribution < 1.29 is 9.32 Å². The zero-order valence-electron chi connectivity index (χ0n) is 14.5. The molecule has 1 aliphatic rings. The summed E-state index contributed by atoms with van der Waals surface area (Å²) in [6.45, 7) is 2.39. The number of halogens is 1. The molecular formula is C20H15ClN4O2. The number of aryl methyl sites for hydroxylation is 1. The SMILES string of the molecule is Cc1ccc(N2CC(c3noc(-c4cccc(C#N)c4)n3)CC2=O)c(Cl)c1. The first kappa shape index (κ1) is 17.3. The summed E-state index contributed by atoms with van der Waals surface area (Å²) >= 11 is 6.31. The second-order valence-corrected chi connectivity index (χ2v) is 6.92. The van der Waals surface area contributed by atoms with Crippen LogP contribution in [0.15, 0.2) is 47.0 Å². The molecule has 7 heteroatoms. The Morgan fingerprint density at radius 1 is 1.30 bits per heavy atom. The van der Waals surface area contributed by atoms with Crippen LogP contribution < -0.4 is 4.90 Å². The van der Waals surface area contributed by atoms with E-state index in [1.165, 1.54) is 0 Å². The molecule has 0 bridgehead atoms. The van der Waals surface area contributed by atoms with Crippen molar-refractivity contribution in [2.45, 2.75) is 19.3 Å². The molecule has 2 heterocycles. The fourth-order valence-corrected chi connectivity index (χ4v) is 3.52. The molecule has 1 aliphatic heterocycles. The van der Waals surface area contributed by atoms with Crippen LogP contribution in [0.3, 0.4) is 0 Å². The first-order valence-electron chi connectivity index (χ1n) is 8.46. The van der Waals surface area contributed by atoms with Gasteiger partial charge in [-0.05, 0) is 42.8 Å². The number of hydrogen-bond donors (Lipinski definition) is 0. The number of carbonyl (C=O) groups is 1. The Balaban J connectivity index is 1.58. The number of rotatable bonds is 3. The lowest BCUT2D eigenvalue weighted by Crippen LogP contribution is -2.24. The van der Waals surface area contributed by atoms with Gasteiger partial charge in [0.05, 0.1) is 22.3 Å². The van der Waals surface area contributed by atoms with Gasteiger partial charge in [-0.3, -0.25) is 4.79 Å². The molecule has 1 fully saturated rings. The van der Waals surface area contributed by atoms with Crippen molar-refractivity contribution in [2.24, 2.45) is 0 Å². The first-order valence-corrected chi connectivity index (χ1v) is 8.83. The van der Waals surface area contributed by atoms with Gasteiger partial charge in [0.1, 0.15) is 0 Å². The second kappa shape index (κ2) is 6.86. The number of anilines is 1. The first-order chi connectivity index (χ1) is 13.0. The summed E-state index contributed by atoms with van der Waals surface area (Å²) in [5, 5.41) is 13.6. The number of benzene rings is 2. The van der Waals surface area contributed by atoms with Gasteiger partial charge in [0.25, 0.3) is 5.89 Å². The van der Waals surface area contributed by atoms with Crippen molar-refractivity contribution in [3.05, 3.63) is 64.4 Å². The Morgan fingerprint density at radius 3 is 2.93 bits per heavy atom. The molecule has 0 radical (unpaired) electrons. The summed E-state index contributed by atoms with van der Waals surface area (Å²) in [5.74, 6) is 0.614. The summed E-state index contributed by atoms with van der Waals surface area (Å²) in [7, 11) is 0. The molecule has 134 valence electrons. The Labute approximate surface area is 161 Å². The van der Waals surface area contributed by atoms with Gasteiger partial charge in [-0.15, -0.1) is 0 Å². The Bertz CT molecular complexity index is 1070. The number of nitriles is 1. The maximum absolute atomic E-state index is 12.5. The van der Waals surface area contributed by atoms with Crippen LogP contribution in [0.25, 0.3) is 11.5 Å². The van der Waals surface area contributed by atoms with E-state index in [4.69, 9.17) is 21.4 Å². The van der Waals surface area contributed by atoms with Crippen molar-refractivity contribution in [2.75, 3.05) is 11.4 Å². The monoisotopic (exact) mass is 378 g/mol. The van der Waals surface area contributed by atoms with E-state index in [0.717, 1.165) is 5.56 Å². The van der Waals surface area contributed by atoms with Crippen LogP contribution in [0, 0.1) is 18.3 Å². The van der Waals surface area contributed by atoms with Gasteiger partial charge in [-0.2, -0.15) is 10.2 Å². The molecule has 0 saturated carbocycles. The van der Waals surface area contributed by atoms with E-state index in [0.29, 0.717) is 46.5 Å². The molecule has 1 atom stereocenters. The molecule has 1 amide bonds. The average Bonchev–Trinajstić information content (AvgIpc) is 3.29. The van der Waals surface area contributed by atoms with Gasteiger partial charge in [-0.25, -0.2) is 0 Å². The van der Waals surface area contributed by atoms with Crippen LogP contribution in [-0.4, -0.2) is 22.6 Å². The standard InChI is InChI=1S/C20H15ClN4O2/c1-12-5-6-17(16(21)7-12)25-11-15(9-18(25)26)19-23-20(27-24-19)14-4-2-3-13(8-14)10-22/h2-8,15H,9,11H2,1H3. The molecule has 1 saturated heterocycles. The summed E-state index contributed by atoms with van der Waals surface area (Å²) in [5.41, 5.74) is 2.92. The van der Waals surface area contributed by atoms with E-state index >= 15 is 0 Å². The highest BCUT2D eigenvalue weighted by molar-refractivity contribution is 6.34. The number of aromatic nitrogens is 2. The minimum atomic E-state index is -0.175. The lowest BCUT2D eigenvalue weighted by molar-refractivity contribution is -0.117. The highest BCUT2D eigenvalue weighted by Crippen LogP contribution is 2.35. The summed E-state index contributed by atoms with van der Waals surface area (Å²) in [6.07, 6.45) is 0.293. The summed E-state index contributed by atoms with van der Waals surface area (Å²) in [4.78, 5) is 18.6. The third kappa shape index (κ3) is 3.29. The molecule has 27 heavy (non-hydrogen) atoms. The van der Waals surface area contributed by atoms with E-state index in [1.807, 2.05) is 25.1 Å². The van der Waals surface area contributed by atoms with Crippen LogP contribution >= 0.6 is 11.6 Å². The van der Waals surface area contributed by atoms with Gasteiger partial charge in [-0.1, -0.05) is 28.9 Å². The van der Waals surface area contributed by atoms with Crippen molar-refractivity contribution in [1.82, 2.24) is 10.1 Å². The molecule has 3 aromatic rings. The number of nitrogens with zero attached hydrogens (tertiary/aromatic N) is 4. The van der Waals surface area contributed by atoms with Crippen molar-refractivity contribution in [1.29, 1.82) is 5.26 Å². The lowest BCUT2D eigenvalue weighted by atomic mass is 10.1. The Hall–Kier alpha value is -3.17. The minimum Gasteiger partial charge on any atom is -0.334 e. The molecule has 1 unspecified atom stereocenters. The van der Waals surface area contributed by atoms with Crippen LogP contribution in [0.4, 0.5) is 5.69 Å². The van der Waals surface area contributed by atoms with Crippen LogP contribution in [-0.2, 0) is 4.79 Å². The summed E-state index contributed by atoms with van der Waals surface area (Å²) in [6, 6.07) is 14.7. The Kier molecular flexibility index (Phi) is 4.38. The highest BCUT2D eigenvalue weighted by Gasteiger charge is 2.35. The van der Waals surface area contributed by atoms with E-state index in [-0.39, 0.29) is 11.8 Å².